The molecule has 0 spiro atoms. The van der Waals surface area contributed by atoms with Crippen LogP contribution in [0, 0.1) is 5.82 Å². The number of nitrogens with zero attached hydrogens (tertiary/aromatic N) is 1. The molecule has 2 nitrogen and oxygen atoms in total. The van der Waals surface area contributed by atoms with E-state index < -0.39 is 0 Å². The molecule has 1 saturated heterocycles. The third-order valence-corrected chi connectivity index (χ3v) is 3.04. The molecule has 0 saturated carbocycles. The number of likely N-dealkylation sites (tertiary alicyclic amines) is 1. The fourth-order valence-corrected chi connectivity index (χ4v) is 2.14. The summed E-state index contributed by atoms with van der Waals surface area (Å²) in [7, 11) is 0. The highest BCUT2D eigenvalue weighted by molar-refractivity contribution is 5.44. The number of halogens is 1. The van der Waals surface area contributed by atoms with Gasteiger partial charge in [0, 0.05) is 6.54 Å². The van der Waals surface area contributed by atoms with E-state index in [1.165, 1.54) is 32.0 Å². The Labute approximate surface area is 96.5 Å². The van der Waals surface area contributed by atoms with Crippen LogP contribution in [0.3, 0.4) is 0 Å². The molecule has 16 heavy (non-hydrogen) atoms. The number of hydrogen-bond acceptors (Lipinski definition) is 2. The van der Waals surface area contributed by atoms with Gasteiger partial charge in [-0.1, -0.05) is 12.1 Å². The van der Waals surface area contributed by atoms with Crippen LogP contribution in [0.25, 0.3) is 0 Å². The van der Waals surface area contributed by atoms with Gasteiger partial charge in [-0.3, -0.25) is 0 Å². The van der Waals surface area contributed by atoms with Crippen molar-refractivity contribution in [3.8, 4) is 0 Å². The zero-order valence-corrected chi connectivity index (χ0v) is 9.58. The summed E-state index contributed by atoms with van der Waals surface area (Å²) < 4.78 is 13.2. The molecule has 1 aliphatic heterocycles. The number of benzene rings is 1. The molecule has 1 heterocycles. The highest BCUT2D eigenvalue weighted by Crippen LogP contribution is 2.12. The normalized spacial score (nSPS) is 16.6. The molecule has 0 aromatic heterocycles. The topological polar surface area (TPSA) is 15.3 Å². The van der Waals surface area contributed by atoms with Crippen LogP contribution in [-0.4, -0.2) is 31.1 Å². The molecule has 0 bridgehead atoms. The van der Waals surface area contributed by atoms with Crippen LogP contribution in [0.4, 0.5) is 10.1 Å². The Morgan fingerprint density at radius 2 is 1.94 bits per heavy atom. The number of para-hydroxylation sites is 1. The quantitative estimate of drug-likeness (QED) is 0.771. The van der Waals surface area contributed by atoms with Crippen LogP contribution in [0.2, 0.25) is 0 Å². The van der Waals surface area contributed by atoms with Gasteiger partial charge in [-0.05, 0) is 51.0 Å². The van der Waals surface area contributed by atoms with Crippen molar-refractivity contribution in [3.63, 3.8) is 0 Å². The van der Waals surface area contributed by atoms with Gasteiger partial charge in [0.15, 0.2) is 0 Å². The summed E-state index contributed by atoms with van der Waals surface area (Å²) in [6.45, 7) is 4.44. The second-order valence-corrected chi connectivity index (χ2v) is 4.31. The maximum Gasteiger partial charge on any atom is 0.146 e. The Balaban J connectivity index is 1.66. The van der Waals surface area contributed by atoms with Crippen molar-refractivity contribution < 1.29 is 4.39 Å². The third kappa shape index (κ3) is 3.20. The summed E-state index contributed by atoms with van der Waals surface area (Å²) in [4.78, 5) is 2.48. The molecule has 0 atom stereocenters. The minimum absolute atomic E-state index is 0.163. The molecule has 0 aliphatic carbocycles. The summed E-state index contributed by atoms with van der Waals surface area (Å²) in [5.74, 6) is -0.163. The Kier molecular flexibility index (Phi) is 4.17. The van der Waals surface area contributed by atoms with Gasteiger partial charge in [-0.15, -0.1) is 0 Å². The van der Waals surface area contributed by atoms with Crippen LogP contribution in [0.15, 0.2) is 24.3 Å². The van der Waals surface area contributed by atoms with Gasteiger partial charge in [0.2, 0.25) is 0 Å². The maximum atomic E-state index is 13.2. The molecule has 0 unspecified atom stereocenters. The summed E-state index contributed by atoms with van der Waals surface area (Å²) >= 11 is 0. The fourth-order valence-electron chi connectivity index (χ4n) is 2.14. The fraction of sp³-hybridized carbons (Fsp3) is 0.538. The first kappa shape index (κ1) is 11.4. The second kappa shape index (κ2) is 5.85. The average molecular weight is 222 g/mol. The SMILES string of the molecule is Fc1ccccc1NCCCN1CCCC1. The largest absolute Gasteiger partial charge is 0.383 e. The summed E-state index contributed by atoms with van der Waals surface area (Å²) in [6, 6.07) is 6.84. The van der Waals surface area contributed by atoms with Crippen LogP contribution >= 0.6 is 0 Å². The summed E-state index contributed by atoms with van der Waals surface area (Å²) in [5, 5.41) is 3.14. The summed E-state index contributed by atoms with van der Waals surface area (Å²) in [5.41, 5.74) is 0.615. The van der Waals surface area contributed by atoms with Crippen LogP contribution in [-0.2, 0) is 0 Å². The molecule has 1 aromatic carbocycles. The first-order chi connectivity index (χ1) is 7.86. The molecular weight excluding hydrogens is 203 g/mol. The van der Waals surface area contributed by atoms with Crippen molar-refractivity contribution in [1.82, 2.24) is 4.90 Å². The van der Waals surface area contributed by atoms with Gasteiger partial charge < -0.3 is 10.2 Å². The smallest absolute Gasteiger partial charge is 0.146 e. The van der Waals surface area contributed by atoms with Gasteiger partial charge in [0.05, 0.1) is 5.69 Å². The van der Waals surface area contributed by atoms with Gasteiger partial charge in [0.1, 0.15) is 5.82 Å². The van der Waals surface area contributed by atoms with Crippen molar-refractivity contribution in [2.45, 2.75) is 19.3 Å². The third-order valence-electron chi connectivity index (χ3n) is 3.04. The first-order valence-corrected chi connectivity index (χ1v) is 6.07. The lowest BCUT2D eigenvalue weighted by atomic mass is 10.3. The number of nitrogens with one attached hydrogen (secondary N) is 1. The van der Waals surface area contributed by atoms with Crippen LogP contribution in [0.5, 0.6) is 0 Å². The number of hydrogen-bond donors (Lipinski definition) is 1. The molecular formula is C13H19FN2. The van der Waals surface area contributed by atoms with E-state index in [2.05, 4.69) is 10.2 Å². The van der Waals surface area contributed by atoms with Crippen molar-refractivity contribution in [3.05, 3.63) is 30.1 Å². The Bertz CT molecular complexity index is 321. The molecule has 3 heteroatoms. The van der Waals surface area contributed by atoms with Gasteiger partial charge in [0.25, 0.3) is 0 Å². The van der Waals surface area contributed by atoms with Crippen LogP contribution in [0.1, 0.15) is 19.3 Å². The Morgan fingerprint density at radius 1 is 1.19 bits per heavy atom. The van der Waals surface area contributed by atoms with Crippen molar-refractivity contribution in [1.29, 1.82) is 0 Å². The Morgan fingerprint density at radius 3 is 2.69 bits per heavy atom. The monoisotopic (exact) mass is 222 g/mol. The lowest BCUT2D eigenvalue weighted by Gasteiger charge is -2.14. The lowest BCUT2D eigenvalue weighted by Crippen LogP contribution is -2.22. The van der Waals surface area contributed by atoms with E-state index in [1.807, 2.05) is 6.07 Å². The molecule has 88 valence electrons. The van der Waals surface area contributed by atoms with Crippen molar-refractivity contribution in [2.75, 3.05) is 31.5 Å². The van der Waals surface area contributed by atoms with E-state index in [-0.39, 0.29) is 5.82 Å². The standard InChI is InChI=1S/C13H19FN2/c14-12-6-1-2-7-13(12)15-8-5-11-16-9-3-4-10-16/h1-2,6-7,15H,3-5,8-11H2. The van der Waals surface area contributed by atoms with Gasteiger partial charge in [-0.25, -0.2) is 4.39 Å². The highest BCUT2D eigenvalue weighted by atomic mass is 19.1. The average Bonchev–Trinajstić information content (AvgIpc) is 2.79. The van der Waals surface area contributed by atoms with E-state index in [0.717, 1.165) is 19.5 Å². The predicted molar refractivity (Wildman–Crippen MR) is 65.2 cm³/mol. The van der Waals surface area contributed by atoms with Crippen LogP contribution < -0.4 is 5.32 Å². The molecule has 2 rings (SSSR count). The van der Waals surface area contributed by atoms with Crippen molar-refractivity contribution in [2.24, 2.45) is 0 Å². The Hall–Kier alpha value is -1.09. The summed E-state index contributed by atoms with van der Waals surface area (Å²) in [6.07, 6.45) is 3.75. The predicted octanol–water partition coefficient (Wildman–Crippen LogP) is 2.72. The lowest BCUT2D eigenvalue weighted by molar-refractivity contribution is 0.337. The number of rotatable bonds is 5. The highest BCUT2D eigenvalue weighted by Gasteiger charge is 2.10. The molecule has 1 fully saturated rings. The van der Waals surface area contributed by atoms with Gasteiger partial charge >= 0.3 is 0 Å². The van der Waals surface area contributed by atoms with Gasteiger partial charge in [-0.2, -0.15) is 0 Å². The molecule has 1 aliphatic rings. The molecule has 0 radical (unpaired) electrons. The van der Waals surface area contributed by atoms with E-state index in [0.29, 0.717) is 5.69 Å². The van der Waals surface area contributed by atoms with E-state index in [4.69, 9.17) is 0 Å². The number of anilines is 1. The zero-order chi connectivity index (χ0) is 11.2. The first-order valence-electron chi connectivity index (χ1n) is 6.07. The minimum atomic E-state index is -0.163. The maximum absolute atomic E-state index is 13.2. The second-order valence-electron chi connectivity index (χ2n) is 4.31. The molecule has 1 N–H and O–H groups in total. The van der Waals surface area contributed by atoms with E-state index in [1.54, 1.807) is 12.1 Å². The zero-order valence-electron chi connectivity index (χ0n) is 9.58. The van der Waals surface area contributed by atoms with E-state index >= 15 is 0 Å². The minimum Gasteiger partial charge on any atom is -0.383 e. The van der Waals surface area contributed by atoms with E-state index in [9.17, 15) is 4.39 Å². The molecule has 0 amide bonds. The molecule has 1 aromatic rings. The van der Waals surface area contributed by atoms with Crippen molar-refractivity contribution >= 4 is 5.69 Å².